The Labute approximate surface area is 80.3 Å². The summed E-state index contributed by atoms with van der Waals surface area (Å²) in [5.74, 6) is -2.23. The Morgan fingerprint density at radius 2 is 2.07 bits per heavy atom. The third-order valence-corrected chi connectivity index (χ3v) is 1.20. The van der Waals surface area contributed by atoms with Crippen molar-refractivity contribution in [1.82, 2.24) is 0 Å². The number of nitriles is 1. The molecule has 0 atom stereocenters. The van der Waals surface area contributed by atoms with E-state index < -0.39 is 29.9 Å². The SMILES string of the molecule is COC(=O)/C(C#N)=C(/O)COC(C)=O. The summed E-state index contributed by atoms with van der Waals surface area (Å²) < 4.78 is 8.59. The molecule has 14 heavy (non-hydrogen) atoms. The van der Waals surface area contributed by atoms with Crippen LogP contribution in [-0.2, 0) is 19.1 Å². The van der Waals surface area contributed by atoms with Gasteiger partial charge in [0.25, 0.3) is 0 Å². The summed E-state index contributed by atoms with van der Waals surface area (Å²) in [6, 6.07) is 1.44. The fourth-order valence-electron chi connectivity index (χ4n) is 0.572. The highest BCUT2D eigenvalue weighted by molar-refractivity contribution is 5.93. The first-order valence-corrected chi connectivity index (χ1v) is 3.56. The van der Waals surface area contributed by atoms with Gasteiger partial charge in [-0.2, -0.15) is 5.26 Å². The highest BCUT2D eigenvalue weighted by Gasteiger charge is 2.15. The number of nitrogens with zero attached hydrogens (tertiary/aromatic N) is 1. The predicted molar refractivity (Wildman–Crippen MR) is 43.9 cm³/mol. The molecule has 0 aliphatic carbocycles. The van der Waals surface area contributed by atoms with Gasteiger partial charge in [0, 0.05) is 6.92 Å². The van der Waals surface area contributed by atoms with Crippen molar-refractivity contribution in [2.75, 3.05) is 13.7 Å². The second-order valence-electron chi connectivity index (χ2n) is 2.21. The maximum absolute atomic E-state index is 10.8. The lowest BCUT2D eigenvalue weighted by Crippen LogP contribution is -2.11. The van der Waals surface area contributed by atoms with Crippen molar-refractivity contribution in [3.8, 4) is 6.07 Å². The Morgan fingerprint density at radius 3 is 2.43 bits per heavy atom. The minimum absolute atomic E-state index is 0.521. The van der Waals surface area contributed by atoms with Gasteiger partial charge in [0.15, 0.2) is 11.3 Å². The van der Waals surface area contributed by atoms with Gasteiger partial charge in [0.2, 0.25) is 0 Å². The molecule has 76 valence electrons. The van der Waals surface area contributed by atoms with Crippen LogP contribution < -0.4 is 0 Å². The highest BCUT2D eigenvalue weighted by atomic mass is 16.5. The van der Waals surface area contributed by atoms with Crippen molar-refractivity contribution < 1.29 is 24.2 Å². The summed E-state index contributed by atoms with van der Waals surface area (Å²) in [7, 11) is 1.07. The second-order valence-corrected chi connectivity index (χ2v) is 2.21. The number of carbonyl (C=O) groups is 2. The quantitative estimate of drug-likeness (QED) is 0.298. The number of methoxy groups -OCH3 is 1. The van der Waals surface area contributed by atoms with E-state index in [9.17, 15) is 9.59 Å². The monoisotopic (exact) mass is 199 g/mol. The molecule has 6 nitrogen and oxygen atoms in total. The van der Waals surface area contributed by atoms with Crippen LogP contribution in [0.25, 0.3) is 0 Å². The van der Waals surface area contributed by atoms with Gasteiger partial charge in [-0.15, -0.1) is 0 Å². The Bertz CT molecular complexity index is 312. The first kappa shape index (κ1) is 12.0. The molecule has 6 heteroatoms. The van der Waals surface area contributed by atoms with Gasteiger partial charge >= 0.3 is 11.9 Å². The number of aliphatic hydroxyl groups is 1. The van der Waals surface area contributed by atoms with Crippen molar-refractivity contribution in [1.29, 1.82) is 5.26 Å². The first-order valence-electron chi connectivity index (χ1n) is 3.56. The lowest BCUT2D eigenvalue weighted by molar-refractivity contribution is -0.141. The number of rotatable bonds is 3. The van der Waals surface area contributed by atoms with E-state index in [1.54, 1.807) is 0 Å². The van der Waals surface area contributed by atoms with Gasteiger partial charge in [0.1, 0.15) is 12.7 Å². The number of esters is 2. The van der Waals surface area contributed by atoms with Gasteiger partial charge in [-0.3, -0.25) is 4.79 Å². The zero-order valence-corrected chi connectivity index (χ0v) is 7.73. The summed E-state index contributed by atoms with van der Waals surface area (Å²) in [5, 5.41) is 17.6. The van der Waals surface area contributed by atoms with Crippen LogP contribution >= 0.6 is 0 Å². The van der Waals surface area contributed by atoms with E-state index in [-0.39, 0.29) is 0 Å². The summed E-state index contributed by atoms with van der Waals surface area (Å²) >= 11 is 0. The molecule has 0 aliphatic heterocycles. The molecule has 0 spiro atoms. The van der Waals surface area contributed by atoms with E-state index in [4.69, 9.17) is 10.4 Å². The number of carbonyl (C=O) groups excluding carboxylic acids is 2. The molecule has 0 unspecified atom stereocenters. The summed E-state index contributed by atoms with van der Waals surface area (Å²) in [6.45, 7) is 0.616. The second kappa shape index (κ2) is 5.59. The van der Waals surface area contributed by atoms with Crippen LogP contribution in [0.15, 0.2) is 11.3 Å². The number of hydrogen-bond acceptors (Lipinski definition) is 6. The maximum atomic E-state index is 10.8. The summed E-state index contributed by atoms with van der Waals surface area (Å²) in [6.07, 6.45) is 0. The van der Waals surface area contributed by atoms with E-state index in [0.29, 0.717) is 0 Å². The molecule has 0 radical (unpaired) electrons. The maximum Gasteiger partial charge on any atom is 0.352 e. The lowest BCUT2D eigenvalue weighted by atomic mass is 10.2. The highest BCUT2D eigenvalue weighted by Crippen LogP contribution is 2.03. The third-order valence-electron chi connectivity index (χ3n) is 1.20. The zero-order chi connectivity index (χ0) is 11.1. The molecule has 0 amide bonds. The topological polar surface area (TPSA) is 96.6 Å². The molecule has 0 rings (SSSR count). The van der Waals surface area contributed by atoms with Gasteiger partial charge in [0.05, 0.1) is 7.11 Å². The number of aliphatic hydroxyl groups excluding tert-OH is 1. The molecular weight excluding hydrogens is 190 g/mol. The fourth-order valence-corrected chi connectivity index (χ4v) is 0.572. The van der Waals surface area contributed by atoms with E-state index >= 15 is 0 Å². The smallest absolute Gasteiger partial charge is 0.352 e. The molecular formula is C8H9NO5. The van der Waals surface area contributed by atoms with Crippen LogP contribution in [0.2, 0.25) is 0 Å². The molecule has 0 saturated carbocycles. The molecule has 0 aromatic carbocycles. The Hall–Kier alpha value is -2.03. The normalized spacial score (nSPS) is 10.9. The van der Waals surface area contributed by atoms with Crippen LogP contribution in [0.3, 0.4) is 0 Å². The van der Waals surface area contributed by atoms with Gasteiger partial charge in [-0.25, -0.2) is 4.79 Å². The Balaban J connectivity index is 4.61. The van der Waals surface area contributed by atoms with Gasteiger partial charge in [-0.05, 0) is 0 Å². The van der Waals surface area contributed by atoms with Gasteiger partial charge < -0.3 is 14.6 Å². The number of hydrogen-bond donors (Lipinski definition) is 1. The summed E-state index contributed by atoms with van der Waals surface area (Å²) in [5.41, 5.74) is -0.575. The van der Waals surface area contributed by atoms with Crippen LogP contribution in [0.1, 0.15) is 6.92 Å². The average Bonchev–Trinajstić information content (AvgIpc) is 2.15. The molecule has 0 aliphatic rings. The lowest BCUT2D eigenvalue weighted by Gasteiger charge is -2.02. The molecule has 0 aromatic heterocycles. The van der Waals surface area contributed by atoms with Crippen LogP contribution in [-0.4, -0.2) is 30.8 Å². The van der Waals surface area contributed by atoms with E-state index in [1.165, 1.54) is 6.07 Å². The van der Waals surface area contributed by atoms with Gasteiger partial charge in [-0.1, -0.05) is 0 Å². The zero-order valence-electron chi connectivity index (χ0n) is 7.73. The van der Waals surface area contributed by atoms with Crippen molar-refractivity contribution in [2.45, 2.75) is 6.92 Å². The average molecular weight is 199 g/mol. The van der Waals surface area contributed by atoms with Crippen LogP contribution in [0.5, 0.6) is 0 Å². The standard InChI is InChI=1S/C8H9NO5/c1-5(10)14-4-7(11)6(3-9)8(12)13-2/h11H,4H2,1-2H3/b7-6+. The molecule has 0 heterocycles. The molecule has 1 N–H and O–H groups in total. The Morgan fingerprint density at radius 1 is 1.50 bits per heavy atom. The van der Waals surface area contributed by atoms with E-state index in [0.717, 1.165) is 14.0 Å². The minimum atomic E-state index is -0.975. The molecule has 0 saturated heterocycles. The van der Waals surface area contributed by atoms with E-state index in [2.05, 4.69) is 9.47 Å². The number of ether oxygens (including phenoxy) is 2. The third kappa shape index (κ3) is 3.58. The van der Waals surface area contributed by atoms with Crippen molar-refractivity contribution >= 4 is 11.9 Å². The van der Waals surface area contributed by atoms with Crippen molar-refractivity contribution in [3.05, 3.63) is 11.3 Å². The molecule has 0 bridgehead atoms. The van der Waals surface area contributed by atoms with Crippen LogP contribution in [0, 0.1) is 11.3 Å². The van der Waals surface area contributed by atoms with E-state index in [1.807, 2.05) is 0 Å². The minimum Gasteiger partial charge on any atom is -0.507 e. The molecule has 0 fully saturated rings. The van der Waals surface area contributed by atoms with Crippen molar-refractivity contribution in [3.63, 3.8) is 0 Å². The summed E-state index contributed by atoms with van der Waals surface area (Å²) in [4.78, 5) is 21.2. The van der Waals surface area contributed by atoms with Crippen LogP contribution in [0.4, 0.5) is 0 Å². The van der Waals surface area contributed by atoms with Crippen molar-refractivity contribution in [2.24, 2.45) is 0 Å². The fraction of sp³-hybridized carbons (Fsp3) is 0.375. The predicted octanol–water partition coefficient (Wildman–Crippen LogP) is 0.0582. The first-order chi connectivity index (χ1) is 6.52. The largest absolute Gasteiger partial charge is 0.507 e. The Kier molecular flexibility index (Phi) is 4.78. The molecule has 0 aromatic rings.